The smallest absolute Gasteiger partial charge is 0.333 e. The fraction of sp³-hybridized carbons (Fsp3) is 0.357. The molecule has 0 atom stereocenters. The molecule has 0 amide bonds. The molecular formula is C14H18O4S. The lowest BCUT2D eigenvalue weighted by Gasteiger charge is -2.09. The molecule has 104 valence electrons. The molecule has 0 aliphatic carbocycles. The molecule has 0 aromatic heterocycles. The molecule has 0 saturated carbocycles. The Hall–Kier alpha value is -1.62. The van der Waals surface area contributed by atoms with E-state index in [2.05, 4.69) is 19.2 Å². The van der Waals surface area contributed by atoms with Crippen molar-refractivity contribution in [3.05, 3.63) is 36.4 Å². The van der Waals surface area contributed by atoms with Crippen LogP contribution in [0.2, 0.25) is 0 Å². The average Bonchev–Trinajstić information content (AvgIpc) is 2.41. The first-order chi connectivity index (χ1) is 9.13. The number of carbonyl (C=O) groups excluding carboxylic acids is 1. The third-order valence-corrected chi connectivity index (χ3v) is 2.28. The van der Waals surface area contributed by atoms with E-state index in [0.717, 1.165) is 5.75 Å². The first-order valence-electron chi connectivity index (χ1n) is 5.92. The minimum Gasteiger partial charge on any atom is -0.493 e. The quantitative estimate of drug-likeness (QED) is 0.344. The van der Waals surface area contributed by atoms with Gasteiger partial charge in [0, 0.05) is 17.4 Å². The zero-order chi connectivity index (χ0) is 14.1. The van der Waals surface area contributed by atoms with Gasteiger partial charge in [-0.05, 0) is 19.1 Å². The van der Waals surface area contributed by atoms with Crippen molar-refractivity contribution in [3.63, 3.8) is 0 Å². The summed E-state index contributed by atoms with van der Waals surface area (Å²) in [6, 6.07) is 7.28. The summed E-state index contributed by atoms with van der Waals surface area (Å²) in [6.07, 6.45) is 0. The van der Waals surface area contributed by atoms with Crippen LogP contribution in [0, 0.1) is 0 Å². The van der Waals surface area contributed by atoms with Crippen LogP contribution >= 0.6 is 12.6 Å². The van der Waals surface area contributed by atoms with Crippen LogP contribution < -0.4 is 9.47 Å². The van der Waals surface area contributed by atoms with E-state index in [1.165, 1.54) is 0 Å². The summed E-state index contributed by atoms with van der Waals surface area (Å²) in [6.45, 7) is 6.12. The van der Waals surface area contributed by atoms with Crippen LogP contribution in [0.25, 0.3) is 0 Å². The molecule has 1 aromatic rings. The predicted molar refractivity (Wildman–Crippen MR) is 77.1 cm³/mol. The summed E-state index contributed by atoms with van der Waals surface area (Å²) in [5, 5.41) is 0. The maximum absolute atomic E-state index is 11.1. The molecule has 0 radical (unpaired) electrons. The Bertz CT molecular complexity index is 431. The largest absolute Gasteiger partial charge is 0.493 e. The number of carbonyl (C=O) groups is 1. The van der Waals surface area contributed by atoms with E-state index >= 15 is 0 Å². The molecule has 0 heterocycles. The van der Waals surface area contributed by atoms with E-state index in [-0.39, 0.29) is 13.2 Å². The monoisotopic (exact) mass is 282 g/mol. The zero-order valence-corrected chi connectivity index (χ0v) is 11.8. The molecule has 5 heteroatoms. The molecular weight excluding hydrogens is 264 g/mol. The standard InChI is InChI=1S/C14H18O4S/c1-11(2)14(15)18-7-6-16-12-4-3-5-13(10-12)17-8-9-19/h3-5,10,19H,1,6-9H2,2H3. The minimum absolute atomic E-state index is 0.188. The fourth-order valence-electron chi connectivity index (χ4n) is 1.23. The van der Waals surface area contributed by atoms with Crippen LogP contribution in [0.1, 0.15) is 6.92 Å². The maximum Gasteiger partial charge on any atom is 0.333 e. The lowest BCUT2D eigenvalue weighted by molar-refractivity contribution is -0.139. The van der Waals surface area contributed by atoms with Gasteiger partial charge >= 0.3 is 5.97 Å². The van der Waals surface area contributed by atoms with Crippen LogP contribution in [-0.4, -0.2) is 31.5 Å². The van der Waals surface area contributed by atoms with E-state index in [9.17, 15) is 4.79 Å². The van der Waals surface area contributed by atoms with Gasteiger partial charge in [0.15, 0.2) is 0 Å². The topological polar surface area (TPSA) is 44.8 Å². The highest BCUT2D eigenvalue weighted by molar-refractivity contribution is 7.80. The minimum atomic E-state index is -0.408. The van der Waals surface area contributed by atoms with Crippen molar-refractivity contribution < 1.29 is 19.0 Å². The molecule has 0 N–H and O–H groups in total. The Morgan fingerprint density at radius 2 is 1.84 bits per heavy atom. The molecule has 1 aromatic carbocycles. The van der Waals surface area contributed by atoms with Crippen molar-refractivity contribution in [1.29, 1.82) is 0 Å². The Kier molecular flexibility index (Phi) is 6.89. The van der Waals surface area contributed by atoms with Gasteiger partial charge in [-0.2, -0.15) is 12.6 Å². The van der Waals surface area contributed by atoms with Crippen LogP contribution in [-0.2, 0) is 9.53 Å². The second kappa shape index (κ2) is 8.48. The van der Waals surface area contributed by atoms with E-state index in [1.807, 2.05) is 18.2 Å². The summed E-state index contributed by atoms with van der Waals surface area (Å²) in [4.78, 5) is 11.1. The summed E-state index contributed by atoms with van der Waals surface area (Å²) < 4.78 is 15.8. The average molecular weight is 282 g/mol. The van der Waals surface area contributed by atoms with E-state index in [1.54, 1.807) is 13.0 Å². The molecule has 0 unspecified atom stereocenters. The number of ether oxygens (including phenoxy) is 3. The molecule has 4 nitrogen and oxygen atoms in total. The van der Waals surface area contributed by atoms with Gasteiger partial charge in [0.05, 0.1) is 6.61 Å². The van der Waals surface area contributed by atoms with Crippen LogP contribution in [0.5, 0.6) is 11.5 Å². The van der Waals surface area contributed by atoms with Gasteiger partial charge in [-0.25, -0.2) is 4.79 Å². The summed E-state index contributed by atoms with van der Waals surface area (Å²) in [5.74, 6) is 1.64. The van der Waals surface area contributed by atoms with Crippen LogP contribution in [0.4, 0.5) is 0 Å². The van der Waals surface area contributed by atoms with Crippen molar-refractivity contribution in [3.8, 4) is 11.5 Å². The van der Waals surface area contributed by atoms with Crippen LogP contribution in [0.15, 0.2) is 36.4 Å². The Morgan fingerprint density at radius 1 is 1.21 bits per heavy atom. The molecule has 0 aliphatic rings. The highest BCUT2D eigenvalue weighted by atomic mass is 32.1. The number of benzene rings is 1. The third-order valence-electron chi connectivity index (χ3n) is 2.10. The lowest BCUT2D eigenvalue weighted by Crippen LogP contribution is -2.12. The second-order valence-electron chi connectivity index (χ2n) is 3.81. The van der Waals surface area contributed by atoms with Crippen molar-refractivity contribution >= 4 is 18.6 Å². The Morgan fingerprint density at radius 3 is 2.42 bits per heavy atom. The first-order valence-corrected chi connectivity index (χ1v) is 6.56. The van der Waals surface area contributed by atoms with E-state index in [0.29, 0.717) is 23.7 Å². The van der Waals surface area contributed by atoms with Crippen molar-refractivity contribution in [1.82, 2.24) is 0 Å². The summed E-state index contributed by atoms with van der Waals surface area (Å²) in [7, 11) is 0. The first kappa shape index (κ1) is 15.4. The van der Waals surface area contributed by atoms with Gasteiger partial charge in [0.25, 0.3) is 0 Å². The Labute approximate surface area is 118 Å². The van der Waals surface area contributed by atoms with Crippen molar-refractivity contribution in [2.24, 2.45) is 0 Å². The summed E-state index contributed by atoms with van der Waals surface area (Å²) >= 11 is 4.07. The third kappa shape index (κ3) is 6.20. The number of hydrogen-bond donors (Lipinski definition) is 1. The highest BCUT2D eigenvalue weighted by Gasteiger charge is 2.03. The zero-order valence-electron chi connectivity index (χ0n) is 10.9. The van der Waals surface area contributed by atoms with E-state index in [4.69, 9.17) is 14.2 Å². The van der Waals surface area contributed by atoms with Crippen molar-refractivity contribution in [2.75, 3.05) is 25.6 Å². The Balaban J connectivity index is 2.32. The molecule has 19 heavy (non-hydrogen) atoms. The fourth-order valence-corrected chi connectivity index (χ4v) is 1.33. The summed E-state index contributed by atoms with van der Waals surface area (Å²) in [5.41, 5.74) is 0.377. The van der Waals surface area contributed by atoms with Gasteiger partial charge in [-0.1, -0.05) is 12.6 Å². The van der Waals surface area contributed by atoms with Gasteiger partial charge in [-0.15, -0.1) is 0 Å². The SMILES string of the molecule is C=C(C)C(=O)OCCOc1cccc(OCCS)c1. The maximum atomic E-state index is 11.1. The van der Waals surface area contributed by atoms with Gasteiger partial charge < -0.3 is 14.2 Å². The van der Waals surface area contributed by atoms with Gasteiger partial charge in [-0.3, -0.25) is 0 Å². The number of esters is 1. The predicted octanol–water partition coefficient (Wildman–Crippen LogP) is 2.49. The highest BCUT2D eigenvalue weighted by Crippen LogP contribution is 2.19. The molecule has 0 fully saturated rings. The van der Waals surface area contributed by atoms with Crippen molar-refractivity contribution in [2.45, 2.75) is 6.92 Å². The van der Waals surface area contributed by atoms with Crippen LogP contribution in [0.3, 0.4) is 0 Å². The lowest BCUT2D eigenvalue weighted by atomic mass is 10.3. The molecule has 1 rings (SSSR count). The second-order valence-corrected chi connectivity index (χ2v) is 4.26. The number of hydrogen-bond acceptors (Lipinski definition) is 5. The van der Waals surface area contributed by atoms with Gasteiger partial charge in [0.2, 0.25) is 0 Å². The van der Waals surface area contributed by atoms with E-state index < -0.39 is 5.97 Å². The molecule has 0 aliphatic heterocycles. The number of thiol groups is 1. The molecule has 0 bridgehead atoms. The molecule has 0 saturated heterocycles. The number of rotatable bonds is 8. The molecule has 0 spiro atoms. The normalized spacial score (nSPS) is 9.79. The van der Waals surface area contributed by atoms with Gasteiger partial charge in [0.1, 0.15) is 24.7 Å².